The minimum atomic E-state index is -0.328. The lowest BCUT2D eigenvalue weighted by atomic mass is 10.2. The molecule has 0 spiro atoms. The standard InChI is InChI=1S/C11H7ClFN3S2/c12-8-5-15-10-7(8)3-6(13)4-9(10)16-18-11-14-1-2-17-11/h1-5,15-16H. The van der Waals surface area contributed by atoms with Crippen molar-refractivity contribution in [2.75, 3.05) is 4.72 Å². The van der Waals surface area contributed by atoms with Crippen molar-refractivity contribution in [1.29, 1.82) is 0 Å². The molecule has 2 heterocycles. The molecule has 2 aromatic heterocycles. The van der Waals surface area contributed by atoms with Crippen LogP contribution in [0, 0.1) is 5.82 Å². The number of thiazole rings is 1. The molecule has 0 fully saturated rings. The van der Waals surface area contributed by atoms with Crippen molar-refractivity contribution in [2.24, 2.45) is 0 Å². The number of fused-ring (bicyclic) bond motifs is 1. The predicted octanol–water partition coefficient (Wildman–Crippen LogP) is 4.54. The highest BCUT2D eigenvalue weighted by atomic mass is 35.5. The monoisotopic (exact) mass is 299 g/mol. The van der Waals surface area contributed by atoms with Gasteiger partial charge in [-0.1, -0.05) is 11.6 Å². The molecule has 0 saturated heterocycles. The number of rotatable bonds is 3. The molecule has 0 aliphatic carbocycles. The summed E-state index contributed by atoms with van der Waals surface area (Å²) in [6.45, 7) is 0. The number of anilines is 1. The molecule has 18 heavy (non-hydrogen) atoms. The molecule has 3 rings (SSSR count). The number of nitrogens with one attached hydrogen (secondary N) is 2. The molecule has 92 valence electrons. The van der Waals surface area contributed by atoms with Crippen LogP contribution in [-0.2, 0) is 0 Å². The normalized spacial score (nSPS) is 11.0. The summed E-state index contributed by atoms with van der Waals surface area (Å²) in [5.41, 5.74) is 1.43. The molecule has 0 bridgehead atoms. The molecule has 0 saturated carbocycles. The van der Waals surface area contributed by atoms with E-state index in [9.17, 15) is 4.39 Å². The molecule has 3 aromatic rings. The van der Waals surface area contributed by atoms with Crippen LogP contribution in [0.2, 0.25) is 5.02 Å². The van der Waals surface area contributed by atoms with Gasteiger partial charge in [-0.15, -0.1) is 11.3 Å². The highest BCUT2D eigenvalue weighted by molar-refractivity contribution is 8.02. The van der Waals surface area contributed by atoms with E-state index in [1.54, 1.807) is 12.4 Å². The Bertz CT molecular complexity index is 681. The Balaban J connectivity index is 1.95. The lowest BCUT2D eigenvalue weighted by Gasteiger charge is -2.05. The van der Waals surface area contributed by atoms with Gasteiger partial charge >= 0.3 is 0 Å². The second kappa shape index (κ2) is 4.79. The van der Waals surface area contributed by atoms with Crippen molar-refractivity contribution in [2.45, 2.75) is 4.34 Å². The van der Waals surface area contributed by atoms with Crippen LogP contribution in [-0.4, -0.2) is 9.97 Å². The van der Waals surface area contributed by atoms with Crippen molar-refractivity contribution in [3.63, 3.8) is 0 Å². The van der Waals surface area contributed by atoms with E-state index in [-0.39, 0.29) is 5.82 Å². The summed E-state index contributed by atoms with van der Waals surface area (Å²) < 4.78 is 17.4. The Morgan fingerprint density at radius 3 is 3.11 bits per heavy atom. The van der Waals surface area contributed by atoms with E-state index in [1.165, 1.54) is 35.4 Å². The maximum absolute atomic E-state index is 13.5. The van der Waals surface area contributed by atoms with Crippen LogP contribution in [0.5, 0.6) is 0 Å². The average molecular weight is 300 g/mol. The van der Waals surface area contributed by atoms with Gasteiger partial charge < -0.3 is 9.71 Å². The van der Waals surface area contributed by atoms with E-state index in [4.69, 9.17) is 11.6 Å². The summed E-state index contributed by atoms with van der Waals surface area (Å²) >= 11 is 8.83. The van der Waals surface area contributed by atoms with Gasteiger partial charge in [-0.3, -0.25) is 0 Å². The molecule has 0 amide bonds. The fraction of sp³-hybridized carbons (Fsp3) is 0. The fourth-order valence-corrected chi connectivity index (χ4v) is 3.12. The maximum atomic E-state index is 13.5. The van der Waals surface area contributed by atoms with E-state index < -0.39 is 0 Å². The summed E-state index contributed by atoms with van der Waals surface area (Å²) in [5, 5.41) is 3.06. The number of aromatic amines is 1. The quantitative estimate of drug-likeness (QED) is 0.698. The zero-order valence-corrected chi connectivity index (χ0v) is 11.3. The van der Waals surface area contributed by atoms with Crippen LogP contribution >= 0.6 is 34.9 Å². The molecule has 0 aliphatic heterocycles. The van der Waals surface area contributed by atoms with E-state index in [0.29, 0.717) is 16.1 Å². The summed E-state index contributed by atoms with van der Waals surface area (Å²) in [6, 6.07) is 2.84. The van der Waals surface area contributed by atoms with Crippen molar-refractivity contribution in [1.82, 2.24) is 9.97 Å². The van der Waals surface area contributed by atoms with Gasteiger partial charge in [0.25, 0.3) is 0 Å². The molecule has 0 atom stereocenters. The van der Waals surface area contributed by atoms with E-state index >= 15 is 0 Å². The summed E-state index contributed by atoms with van der Waals surface area (Å²) in [7, 11) is 0. The van der Waals surface area contributed by atoms with Crippen LogP contribution in [0.25, 0.3) is 10.9 Å². The number of hydrogen-bond donors (Lipinski definition) is 2. The number of benzene rings is 1. The second-order valence-electron chi connectivity index (χ2n) is 3.51. The Hall–Kier alpha value is -1.24. The molecule has 0 aliphatic rings. The number of halogens is 2. The third-order valence-electron chi connectivity index (χ3n) is 2.36. The van der Waals surface area contributed by atoms with Gasteiger partial charge in [0.05, 0.1) is 16.2 Å². The van der Waals surface area contributed by atoms with Crippen LogP contribution in [0.3, 0.4) is 0 Å². The second-order valence-corrected chi connectivity index (χ2v) is 5.87. The SMILES string of the molecule is Fc1cc(NSc2nccs2)c2[nH]cc(Cl)c2c1. The minimum absolute atomic E-state index is 0.328. The fourth-order valence-electron chi connectivity index (χ4n) is 1.60. The lowest BCUT2D eigenvalue weighted by Crippen LogP contribution is -1.89. The smallest absolute Gasteiger partial charge is 0.170 e. The zero-order chi connectivity index (χ0) is 12.5. The van der Waals surface area contributed by atoms with E-state index in [1.807, 2.05) is 5.38 Å². The van der Waals surface area contributed by atoms with Gasteiger partial charge in [-0.25, -0.2) is 9.37 Å². The van der Waals surface area contributed by atoms with Crippen LogP contribution in [0.1, 0.15) is 0 Å². The van der Waals surface area contributed by atoms with E-state index in [0.717, 1.165) is 9.86 Å². The summed E-state index contributed by atoms with van der Waals surface area (Å²) in [4.78, 5) is 7.15. The first-order valence-electron chi connectivity index (χ1n) is 5.02. The van der Waals surface area contributed by atoms with Crippen LogP contribution in [0.4, 0.5) is 10.1 Å². The van der Waals surface area contributed by atoms with Crippen molar-refractivity contribution in [3.05, 3.63) is 40.7 Å². The van der Waals surface area contributed by atoms with Gasteiger partial charge in [-0.05, 0) is 12.1 Å². The minimum Gasteiger partial charge on any atom is -0.358 e. The first-order valence-corrected chi connectivity index (χ1v) is 7.10. The Labute approximate surface area is 116 Å². The van der Waals surface area contributed by atoms with Gasteiger partial charge in [0.15, 0.2) is 4.34 Å². The number of aromatic nitrogens is 2. The summed E-state index contributed by atoms with van der Waals surface area (Å²) in [5.74, 6) is -0.328. The first-order chi connectivity index (χ1) is 8.74. The van der Waals surface area contributed by atoms with Gasteiger partial charge in [0.1, 0.15) is 5.82 Å². The molecule has 2 N–H and O–H groups in total. The van der Waals surface area contributed by atoms with Gasteiger partial charge in [0.2, 0.25) is 0 Å². The number of nitrogens with zero attached hydrogens (tertiary/aromatic N) is 1. The Kier molecular flexibility index (Phi) is 3.15. The van der Waals surface area contributed by atoms with Crippen LogP contribution < -0.4 is 4.72 Å². The Morgan fingerprint density at radius 2 is 2.33 bits per heavy atom. The lowest BCUT2D eigenvalue weighted by molar-refractivity contribution is 0.630. The van der Waals surface area contributed by atoms with E-state index in [2.05, 4.69) is 14.7 Å². The molecule has 0 unspecified atom stereocenters. The number of H-pyrrole nitrogens is 1. The molecule has 3 nitrogen and oxygen atoms in total. The molecular weight excluding hydrogens is 293 g/mol. The molecule has 0 radical (unpaired) electrons. The average Bonchev–Trinajstić information content (AvgIpc) is 2.97. The largest absolute Gasteiger partial charge is 0.358 e. The third kappa shape index (κ3) is 2.19. The van der Waals surface area contributed by atoms with Crippen LogP contribution in [0.15, 0.2) is 34.2 Å². The number of hydrogen-bond acceptors (Lipinski definition) is 4. The van der Waals surface area contributed by atoms with Crippen molar-refractivity contribution < 1.29 is 4.39 Å². The molecular formula is C11H7ClFN3S2. The Morgan fingerprint density at radius 1 is 1.44 bits per heavy atom. The van der Waals surface area contributed by atoms with Crippen molar-refractivity contribution >= 4 is 51.5 Å². The van der Waals surface area contributed by atoms with Gasteiger partial charge in [0, 0.05) is 35.1 Å². The van der Waals surface area contributed by atoms with Gasteiger partial charge in [-0.2, -0.15) is 0 Å². The topological polar surface area (TPSA) is 40.7 Å². The highest BCUT2D eigenvalue weighted by Crippen LogP contribution is 2.32. The maximum Gasteiger partial charge on any atom is 0.170 e. The third-order valence-corrected chi connectivity index (χ3v) is 4.38. The molecule has 7 heteroatoms. The first kappa shape index (κ1) is 11.8. The highest BCUT2D eigenvalue weighted by Gasteiger charge is 2.09. The summed E-state index contributed by atoms with van der Waals surface area (Å²) in [6.07, 6.45) is 3.37. The van der Waals surface area contributed by atoms with Crippen molar-refractivity contribution in [3.8, 4) is 0 Å². The molecule has 1 aromatic carbocycles. The zero-order valence-electron chi connectivity index (χ0n) is 8.91. The predicted molar refractivity (Wildman–Crippen MR) is 74.9 cm³/mol.